The molecular formula is C18H34IN5. The van der Waals surface area contributed by atoms with Crippen molar-refractivity contribution in [2.45, 2.75) is 59.0 Å². The molecule has 6 heteroatoms. The number of pyridine rings is 1. The predicted molar refractivity (Wildman–Crippen MR) is 116 cm³/mol. The van der Waals surface area contributed by atoms with Gasteiger partial charge in [-0.1, -0.05) is 32.3 Å². The monoisotopic (exact) mass is 447 g/mol. The number of halogens is 1. The summed E-state index contributed by atoms with van der Waals surface area (Å²) in [6.07, 6.45) is 4.98. The third kappa shape index (κ3) is 9.30. The average molecular weight is 447 g/mol. The number of hydrogen-bond acceptors (Lipinski definition) is 3. The first kappa shape index (κ1) is 22.9. The molecule has 5 nitrogen and oxygen atoms in total. The largest absolute Gasteiger partial charge is 0.363 e. The molecule has 1 rings (SSSR count). The summed E-state index contributed by atoms with van der Waals surface area (Å²) in [5, 5.41) is 6.80. The Labute approximate surface area is 164 Å². The maximum absolute atomic E-state index is 4.67. The minimum absolute atomic E-state index is 0. The normalized spacial score (nSPS) is 12.3. The zero-order chi connectivity index (χ0) is 17.1. The second kappa shape index (κ2) is 13.3. The molecule has 0 saturated heterocycles. The van der Waals surface area contributed by atoms with Crippen LogP contribution in [0.25, 0.3) is 0 Å². The zero-order valence-electron chi connectivity index (χ0n) is 15.8. The van der Waals surface area contributed by atoms with Crippen LogP contribution in [-0.4, -0.2) is 37.6 Å². The summed E-state index contributed by atoms with van der Waals surface area (Å²) in [6, 6.07) is 6.48. The molecule has 0 fully saturated rings. The zero-order valence-corrected chi connectivity index (χ0v) is 18.1. The first-order valence-electron chi connectivity index (χ1n) is 8.74. The molecule has 0 amide bonds. The van der Waals surface area contributed by atoms with Gasteiger partial charge < -0.3 is 15.5 Å². The van der Waals surface area contributed by atoms with E-state index >= 15 is 0 Å². The Hall–Kier alpha value is -1.05. The van der Waals surface area contributed by atoms with Crippen LogP contribution < -0.4 is 15.5 Å². The van der Waals surface area contributed by atoms with E-state index in [0.717, 1.165) is 24.0 Å². The van der Waals surface area contributed by atoms with Crippen molar-refractivity contribution >= 4 is 35.8 Å². The summed E-state index contributed by atoms with van der Waals surface area (Å²) in [4.78, 5) is 11.3. The molecule has 1 heterocycles. The van der Waals surface area contributed by atoms with Crippen molar-refractivity contribution in [3.63, 3.8) is 0 Å². The molecule has 1 atom stereocenters. The quantitative estimate of drug-likeness (QED) is 0.262. The molecule has 0 spiro atoms. The lowest BCUT2D eigenvalue weighted by Gasteiger charge is -2.18. The maximum Gasteiger partial charge on any atom is 0.191 e. The summed E-state index contributed by atoms with van der Waals surface area (Å²) >= 11 is 0. The number of aromatic nitrogens is 1. The van der Waals surface area contributed by atoms with Crippen LogP contribution in [0.2, 0.25) is 0 Å². The second-order valence-electron chi connectivity index (χ2n) is 6.12. The molecule has 0 bridgehead atoms. The third-order valence-corrected chi connectivity index (χ3v) is 3.62. The van der Waals surface area contributed by atoms with Gasteiger partial charge >= 0.3 is 0 Å². The molecule has 0 aliphatic heterocycles. The van der Waals surface area contributed by atoms with E-state index in [1.807, 2.05) is 37.2 Å². The van der Waals surface area contributed by atoms with Crippen molar-refractivity contribution in [1.82, 2.24) is 15.6 Å². The van der Waals surface area contributed by atoms with Crippen LogP contribution in [0, 0.1) is 0 Å². The number of aliphatic imine (C=N–C) groups is 1. The van der Waals surface area contributed by atoms with Gasteiger partial charge in [-0.2, -0.15) is 0 Å². The molecular weight excluding hydrogens is 413 g/mol. The summed E-state index contributed by atoms with van der Waals surface area (Å²) in [5.41, 5.74) is 0.979. The van der Waals surface area contributed by atoms with E-state index in [1.54, 1.807) is 0 Å². The van der Waals surface area contributed by atoms with Crippen molar-refractivity contribution in [2.24, 2.45) is 4.99 Å². The molecule has 1 aromatic heterocycles. The van der Waals surface area contributed by atoms with Gasteiger partial charge in [-0.25, -0.2) is 9.98 Å². The molecule has 0 radical (unpaired) electrons. The number of guanidine groups is 1. The van der Waals surface area contributed by atoms with E-state index in [4.69, 9.17) is 0 Å². The number of nitrogens with zero attached hydrogens (tertiary/aromatic N) is 3. The van der Waals surface area contributed by atoms with Gasteiger partial charge in [0.05, 0.1) is 12.2 Å². The summed E-state index contributed by atoms with van der Waals surface area (Å²) in [6.45, 7) is 7.98. The molecule has 2 N–H and O–H groups in total. The highest BCUT2D eigenvalue weighted by Crippen LogP contribution is 2.08. The standard InChI is InChI=1S/C18H33N5.HI/c1-6-8-9-11-15(3)21-18(19-7-2)20-14-16-12-10-13-17(22-16)23(4)5;/h10,12-13,15H,6-9,11,14H2,1-5H3,(H2,19,20,21);1H. The fourth-order valence-corrected chi connectivity index (χ4v) is 2.29. The fraction of sp³-hybridized carbons (Fsp3) is 0.667. The van der Waals surface area contributed by atoms with Crippen molar-refractivity contribution in [3.8, 4) is 0 Å². The van der Waals surface area contributed by atoms with Crippen LogP contribution >= 0.6 is 24.0 Å². The van der Waals surface area contributed by atoms with Crippen molar-refractivity contribution in [3.05, 3.63) is 23.9 Å². The van der Waals surface area contributed by atoms with Gasteiger partial charge in [-0.05, 0) is 32.4 Å². The molecule has 138 valence electrons. The van der Waals surface area contributed by atoms with Crippen LogP contribution in [0.4, 0.5) is 5.82 Å². The van der Waals surface area contributed by atoms with Gasteiger partial charge in [0.1, 0.15) is 5.82 Å². The topological polar surface area (TPSA) is 52.6 Å². The van der Waals surface area contributed by atoms with E-state index in [9.17, 15) is 0 Å². The van der Waals surface area contributed by atoms with E-state index in [0.29, 0.717) is 12.6 Å². The number of hydrogen-bond donors (Lipinski definition) is 2. The first-order valence-corrected chi connectivity index (χ1v) is 8.74. The number of anilines is 1. The Kier molecular flexibility index (Phi) is 12.7. The molecule has 1 aromatic rings. The highest BCUT2D eigenvalue weighted by Gasteiger charge is 2.05. The lowest BCUT2D eigenvalue weighted by molar-refractivity contribution is 0.546. The van der Waals surface area contributed by atoms with Crippen molar-refractivity contribution < 1.29 is 0 Å². The van der Waals surface area contributed by atoms with Crippen molar-refractivity contribution in [1.29, 1.82) is 0 Å². The van der Waals surface area contributed by atoms with E-state index in [1.165, 1.54) is 25.7 Å². The molecule has 1 unspecified atom stereocenters. The Morgan fingerprint density at radius 2 is 2.00 bits per heavy atom. The molecule has 24 heavy (non-hydrogen) atoms. The molecule has 0 aliphatic carbocycles. The van der Waals surface area contributed by atoms with Crippen LogP contribution in [0.1, 0.15) is 52.1 Å². The Bertz CT molecular complexity index is 476. The van der Waals surface area contributed by atoms with Crippen molar-refractivity contribution in [2.75, 3.05) is 25.5 Å². The fourth-order valence-electron chi connectivity index (χ4n) is 2.29. The van der Waals surface area contributed by atoms with Gasteiger partial charge in [0, 0.05) is 26.7 Å². The Balaban J connectivity index is 0.00000529. The van der Waals surface area contributed by atoms with Gasteiger partial charge in [0.15, 0.2) is 5.96 Å². The second-order valence-corrected chi connectivity index (χ2v) is 6.12. The van der Waals surface area contributed by atoms with E-state index in [2.05, 4.69) is 41.4 Å². The number of unbranched alkanes of at least 4 members (excludes halogenated alkanes) is 2. The predicted octanol–water partition coefficient (Wildman–Crippen LogP) is 3.79. The highest BCUT2D eigenvalue weighted by atomic mass is 127. The average Bonchev–Trinajstić information content (AvgIpc) is 2.53. The summed E-state index contributed by atoms with van der Waals surface area (Å²) in [5.74, 6) is 1.83. The highest BCUT2D eigenvalue weighted by molar-refractivity contribution is 14.0. The minimum atomic E-state index is 0. The van der Waals surface area contributed by atoms with Crippen LogP contribution in [0.5, 0.6) is 0 Å². The van der Waals surface area contributed by atoms with E-state index < -0.39 is 0 Å². The van der Waals surface area contributed by atoms with E-state index in [-0.39, 0.29) is 24.0 Å². The van der Waals surface area contributed by atoms with Gasteiger partial charge in [-0.15, -0.1) is 24.0 Å². The van der Waals surface area contributed by atoms with Crippen LogP contribution in [0.15, 0.2) is 23.2 Å². The number of nitrogens with one attached hydrogen (secondary N) is 2. The van der Waals surface area contributed by atoms with Gasteiger partial charge in [0.25, 0.3) is 0 Å². The molecule has 0 aromatic carbocycles. The van der Waals surface area contributed by atoms with Crippen LogP contribution in [0.3, 0.4) is 0 Å². The SMILES string of the molecule is CCCCCC(C)NC(=NCc1cccc(N(C)C)n1)NCC.I. The number of rotatable bonds is 9. The molecule has 0 saturated carbocycles. The first-order chi connectivity index (χ1) is 11.1. The summed E-state index contributed by atoms with van der Waals surface area (Å²) in [7, 11) is 4.00. The van der Waals surface area contributed by atoms with Gasteiger partial charge in [0.2, 0.25) is 0 Å². The summed E-state index contributed by atoms with van der Waals surface area (Å²) < 4.78 is 0. The Morgan fingerprint density at radius 1 is 1.25 bits per heavy atom. The third-order valence-electron chi connectivity index (χ3n) is 3.62. The van der Waals surface area contributed by atoms with Crippen LogP contribution in [-0.2, 0) is 6.54 Å². The minimum Gasteiger partial charge on any atom is -0.363 e. The van der Waals surface area contributed by atoms with Gasteiger partial charge in [-0.3, -0.25) is 0 Å². The lowest BCUT2D eigenvalue weighted by Crippen LogP contribution is -2.42. The smallest absolute Gasteiger partial charge is 0.191 e. The maximum atomic E-state index is 4.67. The lowest BCUT2D eigenvalue weighted by atomic mass is 10.1. The Morgan fingerprint density at radius 3 is 2.62 bits per heavy atom. The molecule has 0 aliphatic rings.